The lowest BCUT2D eigenvalue weighted by Crippen LogP contribution is -1.94. The molecule has 0 aliphatic rings. The van der Waals surface area contributed by atoms with Gasteiger partial charge in [-0.2, -0.15) is 10.4 Å². The number of hydrogen-bond acceptors (Lipinski definition) is 4. The Kier molecular flexibility index (Phi) is 6.23. The van der Waals surface area contributed by atoms with Crippen LogP contribution in [-0.4, -0.2) is 14.8 Å². The monoisotopic (exact) mass is 558 g/mol. The number of nitrogens with zero attached hydrogens (tertiary/aromatic N) is 4. The van der Waals surface area contributed by atoms with Crippen LogP contribution in [-0.2, 0) is 0 Å². The second-order valence-corrected chi connectivity index (χ2v) is 10.2. The van der Waals surface area contributed by atoms with E-state index in [0.717, 1.165) is 49.0 Å². The van der Waals surface area contributed by atoms with Crippen molar-refractivity contribution in [1.29, 1.82) is 5.26 Å². The van der Waals surface area contributed by atoms with Crippen LogP contribution in [0.2, 0.25) is 0 Å². The van der Waals surface area contributed by atoms with E-state index < -0.39 is 0 Å². The molecule has 6 heteroatoms. The van der Waals surface area contributed by atoms with E-state index in [2.05, 4.69) is 46.3 Å². The summed E-state index contributed by atoms with van der Waals surface area (Å²) in [6.45, 7) is 0. The molecule has 2 heterocycles. The van der Waals surface area contributed by atoms with E-state index in [-0.39, 0.29) is 0 Å². The van der Waals surface area contributed by atoms with E-state index in [1.165, 1.54) is 11.3 Å². The smallest absolute Gasteiger partial charge is 0.134 e. The summed E-state index contributed by atoms with van der Waals surface area (Å²) in [6, 6.07) is 34.9. The van der Waals surface area contributed by atoms with Crippen molar-refractivity contribution in [1.82, 2.24) is 14.8 Å². The van der Waals surface area contributed by atoms with Crippen molar-refractivity contribution in [2.75, 3.05) is 0 Å². The van der Waals surface area contributed by atoms with Gasteiger partial charge in [0.25, 0.3) is 0 Å². The van der Waals surface area contributed by atoms with Crippen molar-refractivity contribution in [2.45, 2.75) is 0 Å². The van der Waals surface area contributed by atoms with Gasteiger partial charge in [0.1, 0.15) is 16.8 Å². The highest BCUT2D eigenvalue weighted by Gasteiger charge is 2.16. The van der Waals surface area contributed by atoms with Crippen molar-refractivity contribution >= 4 is 49.7 Å². The molecule has 0 atom stereocenters. The van der Waals surface area contributed by atoms with Crippen molar-refractivity contribution in [2.24, 2.45) is 0 Å². The van der Waals surface area contributed by atoms with Crippen LogP contribution in [0.1, 0.15) is 10.6 Å². The third-order valence-corrected chi connectivity index (χ3v) is 7.51. The van der Waals surface area contributed by atoms with Gasteiger partial charge >= 0.3 is 0 Å². The minimum atomic E-state index is 0.502. The number of hydrogen-bond donors (Lipinski definition) is 0. The molecule has 0 radical (unpaired) electrons. The predicted octanol–water partition coefficient (Wildman–Crippen LogP) is 8.64. The van der Waals surface area contributed by atoms with E-state index in [4.69, 9.17) is 10.1 Å². The standard InChI is InChI=1S/C31H19BrN4S/c32-25-15-13-22(14-16-25)29-20-37-31(34-29)23(18-33)17-24-19-36(26-9-2-1-3-10-26)35-30(24)28-12-6-8-21-7-4-5-11-27(21)28/h1-17,19-20H/b23-17+. The molecule has 0 spiro atoms. The fraction of sp³-hybridized carbons (Fsp3) is 0. The molecule has 6 aromatic rings. The maximum atomic E-state index is 10.1. The number of nitriles is 1. The fourth-order valence-corrected chi connectivity index (χ4v) is 5.35. The third kappa shape index (κ3) is 4.63. The molecule has 0 amide bonds. The van der Waals surface area contributed by atoms with Crippen LogP contribution in [0.15, 0.2) is 113 Å². The summed E-state index contributed by atoms with van der Waals surface area (Å²) in [5.41, 5.74) is 6.01. The van der Waals surface area contributed by atoms with Crippen LogP contribution in [0.4, 0.5) is 0 Å². The molecule has 0 fully saturated rings. The Morgan fingerprint density at radius 3 is 2.46 bits per heavy atom. The lowest BCUT2D eigenvalue weighted by molar-refractivity contribution is 0.884. The number of thiazole rings is 1. The van der Waals surface area contributed by atoms with Crippen LogP contribution in [0.3, 0.4) is 0 Å². The Hall–Kier alpha value is -4.31. The number of aromatic nitrogens is 3. The summed E-state index contributed by atoms with van der Waals surface area (Å²) in [5.74, 6) is 0. The van der Waals surface area contributed by atoms with Crippen LogP contribution < -0.4 is 0 Å². The first-order chi connectivity index (χ1) is 18.2. The minimum Gasteiger partial charge on any atom is -0.240 e. The van der Waals surface area contributed by atoms with Crippen molar-refractivity contribution in [3.8, 4) is 34.3 Å². The van der Waals surface area contributed by atoms with Crippen molar-refractivity contribution in [3.05, 3.63) is 124 Å². The average Bonchev–Trinajstić information content (AvgIpc) is 3.60. The molecule has 0 unspecified atom stereocenters. The second kappa shape index (κ2) is 9.98. The summed E-state index contributed by atoms with van der Waals surface area (Å²) < 4.78 is 2.88. The summed E-state index contributed by atoms with van der Waals surface area (Å²) >= 11 is 4.94. The van der Waals surface area contributed by atoms with Crippen molar-refractivity contribution < 1.29 is 0 Å². The van der Waals surface area contributed by atoms with Crippen molar-refractivity contribution in [3.63, 3.8) is 0 Å². The van der Waals surface area contributed by atoms with Gasteiger partial charge in [0.2, 0.25) is 0 Å². The number of para-hydroxylation sites is 1. The number of benzene rings is 4. The highest BCUT2D eigenvalue weighted by molar-refractivity contribution is 9.10. The molecule has 2 aromatic heterocycles. The third-order valence-electron chi connectivity index (χ3n) is 6.10. The number of rotatable bonds is 5. The van der Waals surface area contributed by atoms with Gasteiger partial charge in [0, 0.05) is 32.7 Å². The molecule has 0 saturated heterocycles. The highest BCUT2D eigenvalue weighted by Crippen LogP contribution is 2.34. The maximum absolute atomic E-state index is 10.1. The highest BCUT2D eigenvalue weighted by atomic mass is 79.9. The molecule has 37 heavy (non-hydrogen) atoms. The van der Waals surface area contributed by atoms with Crippen LogP contribution in [0.25, 0.3) is 50.6 Å². The van der Waals surface area contributed by atoms with Gasteiger partial charge in [0.05, 0.1) is 17.0 Å². The SMILES string of the molecule is N#C/C(=C\c1cn(-c2ccccc2)nc1-c1cccc2ccccc12)c1nc(-c2ccc(Br)cc2)cs1. The summed E-state index contributed by atoms with van der Waals surface area (Å²) in [6.07, 6.45) is 3.88. The Labute approximate surface area is 226 Å². The summed E-state index contributed by atoms with van der Waals surface area (Å²) in [5, 5.41) is 20.0. The number of halogens is 1. The molecule has 4 nitrogen and oxygen atoms in total. The first-order valence-electron chi connectivity index (χ1n) is 11.7. The first kappa shape index (κ1) is 23.1. The largest absolute Gasteiger partial charge is 0.240 e. The topological polar surface area (TPSA) is 54.5 Å². The molecule has 0 aliphatic heterocycles. The summed E-state index contributed by atoms with van der Waals surface area (Å²) in [7, 11) is 0. The number of allylic oxidation sites excluding steroid dienone is 1. The van der Waals surface area contributed by atoms with Gasteiger partial charge in [0.15, 0.2) is 0 Å². The molecule has 0 bridgehead atoms. The average molecular weight is 559 g/mol. The molecular formula is C31H19BrN4S. The van der Waals surface area contributed by atoms with E-state index >= 15 is 0 Å². The van der Waals surface area contributed by atoms with Crippen LogP contribution in [0, 0.1) is 11.3 Å². The zero-order chi connectivity index (χ0) is 25.2. The summed E-state index contributed by atoms with van der Waals surface area (Å²) in [4.78, 5) is 4.78. The fourth-order valence-electron chi connectivity index (χ4n) is 4.30. The molecule has 0 aliphatic carbocycles. The lowest BCUT2D eigenvalue weighted by atomic mass is 9.99. The van der Waals surface area contributed by atoms with Crippen LogP contribution >= 0.6 is 27.3 Å². The molecule has 176 valence electrons. The lowest BCUT2D eigenvalue weighted by Gasteiger charge is -2.05. The molecule has 0 N–H and O–H groups in total. The molecule has 4 aromatic carbocycles. The zero-order valence-electron chi connectivity index (χ0n) is 19.5. The quantitative estimate of drug-likeness (QED) is 0.199. The van der Waals surface area contributed by atoms with E-state index in [1.807, 2.05) is 95.1 Å². The molecule has 6 rings (SSSR count). The Bertz CT molecular complexity index is 1790. The van der Waals surface area contributed by atoms with Gasteiger partial charge in [-0.25, -0.2) is 9.67 Å². The van der Waals surface area contributed by atoms with E-state index in [0.29, 0.717) is 10.6 Å². The normalized spacial score (nSPS) is 11.5. The Morgan fingerprint density at radius 2 is 1.65 bits per heavy atom. The zero-order valence-corrected chi connectivity index (χ0v) is 21.9. The molecule has 0 saturated carbocycles. The van der Waals surface area contributed by atoms with Gasteiger partial charge in [-0.15, -0.1) is 11.3 Å². The Balaban J connectivity index is 1.49. The second-order valence-electron chi connectivity index (χ2n) is 8.45. The van der Waals surface area contributed by atoms with Crippen LogP contribution in [0.5, 0.6) is 0 Å². The van der Waals surface area contributed by atoms with Gasteiger partial charge < -0.3 is 0 Å². The van der Waals surface area contributed by atoms with Gasteiger partial charge in [-0.3, -0.25) is 0 Å². The maximum Gasteiger partial charge on any atom is 0.134 e. The molecular weight excluding hydrogens is 540 g/mol. The van der Waals surface area contributed by atoms with E-state index in [1.54, 1.807) is 0 Å². The predicted molar refractivity (Wildman–Crippen MR) is 155 cm³/mol. The van der Waals surface area contributed by atoms with E-state index in [9.17, 15) is 5.26 Å². The Morgan fingerprint density at radius 1 is 0.892 bits per heavy atom. The van der Waals surface area contributed by atoms with Gasteiger partial charge in [-0.1, -0.05) is 88.7 Å². The minimum absolute atomic E-state index is 0.502. The first-order valence-corrected chi connectivity index (χ1v) is 13.3. The van der Waals surface area contributed by atoms with Gasteiger partial charge in [-0.05, 0) is 41.1 Å². The number of fused-ring (bicyclic) bond motifs is 1.